The Bertz CT molecular complexity index is 1060. The first-order valence-corrected chi connectivity index (χ1v) is 10.2. The van der Waals surface area contributed by atoms with Gasteiger partial charge in [-0.15, -0.1) is 0 Å². The van der Waals surface area contributed by atoms with Gasteiger partial charge in [0, 0.05) is 11.1 Å². The van der Waals surface area contributed by atoms with E-state index in [4.69, 9.17) is 15.8 Å². The van der Waals surface area contributed by atoms with Gasteiger partial charge in [-0.25, -0.2) is 0 Å². The van der Waals surface area contributed by atoms with E-state index >= 15 is 0 Å². The number of benzene rings is 2. The Morgan fingerprint density at radius 1 is 1.07 bits per heavy atom. The molecule has 0 aliphatic rings. The molecular formula is C20H19ClN2O3S. The maximum Gasteiger partial charge on any atom is 0.333 e. The molecular weight excluding hydrogens is 384 g/mol. The first kappa shape index (κ1) is 19.2. The van der Waals surface area contributed by atoms with Gasteiger partial charge in [0.15, 0.2) is 0 Å². The number of nitrogens with zero attached hydrogens (tertiary/aromatic N) is 2. The molecule has 0 amide bonds. The average molecular weight is 403 g/mol. The van der Waals surface area contributed by atoms with Gasteiger partial charge >= 0.3 is 10.1 Å². The minimum Gasteiger partial charge on any atom is -0.358 e. The van der Waals surface area contributed by atoms with Crippen LogP contribution in [0, 0.1) is 0 Å². The van der Waals surface area contributed by atoms with Gasteiger partial charge < -0.3 is 4.18 Å². The summed E-state index contributed by atoms with van der Waals surface area (Å²) in [6.07, 6.45) is 1.48. The Labute approximate surface area is 164 Å². The van der Waals surface area contributed by atoms with E-state index < -0.39 is 10.1 Å². The standard InChI is InChI=1S/C20H19ClN2O3S/c1-15(2)19-14-20(23(22-19)18-10-6-9-17(21)13-18)26-27(24,25)12-11-16-7-4-3-5-8-16/h3-15H,1-2H3. The Kier molecular flexibility index (Phi) is 5.68. The number of aromatic nitrogens is 2. The normalized spacial score (nSPS) is 12.0. The van der Waals surface area contributed by atoms with Crippen molar-refractivity contribution in [3.8, 4) is 11.6 Å². The van der Waals surface area contributed by atoms with Gasteiger partial charge in [0.1, 0.15) is 0 Å². The van der Waals surface area contributed by atoms with Crippen molar-refractivity contribution in [2.75, 3.05) is 0 Å². The van der Waals surface area contributed by atoms with Crippen molar-refractivity contribution < 1.29 is 12.6 Å². The molecule has 0 spiro atoms. The summed E-state index contributed by atoms with van der Waals surface area (Å²) in [7, 11) is -3.96. The summed E-state index contributed by atoms with van der Waals surface area (Å²) < 4.78 is 31.6. The first-order valence-electron chi connectivity index (χ1n) is 8.37. The summed E-state index contributed by atoms with van der Waals surface area (Å²) >= 11 is 6.06. The Morgan fingerprint density at radius 2 is 1.81 bits per heavy atom. The summed E-state index contributed by atoms with van der Waals surface area (Å²) in [6.45, 7) is 3.94. The molecule has 1 heterocycles. The zero-order chi connectivity index (χ0) is 19.4. The third-order valence-corrected chi connectivity index (χ3v) is 4.88. The topological polar surface area (TPSA) is 61.2 Å². The average Bonchev–Trinajstić information content (AvgIpc) is 3.04. The van der Waals surface area contributed by atoms with Crippen LogP contribution in [0.5, 0.6) is 5.88 Å². The lowest BCUT2D eigenvalue weighted by molar-refractivity contribution is 0.474. The predicted octanol–water partition coefficient (Wildman–Crippen LogP) is 5.03. The van der Waals surface area contributed by atoms with Gasteiger partial charge in [-0.2, -0.15) is 18.2 Å². The molecule has 0 aliphatic heterocycles. The monoisotopic (exact) mass is 402 g/mol. The van der Waals surface area contributed by atoms with Gasteiger partial charge in [-0.05, 0) is 35.8 Å². The molecule has 3 rings (SSSR count). The van der Waals surface area contributed by atoms with Crippen LogP contribution in [0.1, 0.15) is 31.0 Å². The first-order chi connectivity index (χ1) is 12.8. The summed E-state index contributed by atoms with van der Waals surface area (Å²) in [5.74, 6) is 0.217. The van der Waals surface area contributed by atoms with Crippen LogP contribution in [0.3, 0.4) is 0 Å². The third-order valence-electron chi connectivity index (χ3n) is 3.77. The SMILES string of the molecule is CC(C)c1cc(OS(=O)(=O)C=Cc2ccccc2)n(-c2cccc(Cl)c2)n1. The number of halogens is 1. The summed E-state index contributed by atoms with van der Waals surface area (Å²) in [5, 5.41) is 6.02. The quantitative estimate of drug-likeness (QED) is 0.542. The summed E-state index contributed by atoms with van der Waals surface area (Å²) in [4.78, 5) is 0. The molecule has 5 nitrogen and oxygen atoms in total. The van der Waals surface area contributed by atoms with Crippen molar-refractivity contribution in [2.24, 2.45) is 0 Å². The molecule has 27 heavy (non-hydrogen) atoms. The van der Waals surface area contributed by atoms with Crippen molar-refractivity contribution in [3.63, 3.8) is 0 Å². The van der Waals surface area contributed by atoms with Gasteiger partial charge in [-0.3, -0.25) is 0 Å². The highest BCUT2D eigenvalue weighted by molar-refractivity contribution is 7.90. The molecule has 0 atom stereocenters. The van der Waals surface area contributed by atoms with E-state index in [1.165, 1.54) is 10.8 Å². The van der Waals surface area contributed by atoms with Crippen LogP contribution < -0.4 is 4.18 Å². The largest absolute Gasteiger partial charge is 0.358 e. The highest BCUT2D eigenvalue weighted by Crippen LogP contribution is 2.26. The van der Waals surface area contributed by atoms with Crippen LogP contribution in [0.4, 0.5) is 0 Å². The van der Waals surface area contributed by atoms with Crippen LogP contribution in [0.2, 0.25) is 5.02 Å². The molecule has 0 saturated carbocycles. The zero-order valence-corrected chi connectivity index (χ0v) is 16.5. The van der Waals surface area contributed by atoms with Crippen LogP contribution in [-0.4, -0.2) is 18.2 Å². The highest BCUT2D eigenvalue weighted by atomic mass is 35.5. The second kappa shape index (κ2) is 7.98. The molecule has 0 bridgehead atoms. The van der Waals surface area contributed by atoms with E-state index in [2.05, 4.69) is 5.10 Å². The van der Waals surface area contributed by atoms with E-state index in [0.29, 0.717) is 16.4 Å². The molecule has 0 radical (unpaired) electrons. The molecule has 140 valence electrons. The van der Waals surface area contributed by atoms with Crippen LogP contribution in [-0.2, 0) is 10.1 Å². The third kappa shape index (κ3) is 4.99. The van der Waals surface area contributed by atoms with E-state index in [0.717, 1.165) is 11.0 Å². The smallest absolute Gasteiger partial charge is 0.333 e. The Morgan fingerprint density at radius 3 is 2.48 bits per heavy atom. The molecule has 0 aliphatic carbocycles. The second-order valence-corrected chi connectivity index (χ2v) is 8.10. The van der Waals surface area contributed by atoms with Crippen molar-refractivity contribution in [2.45, 2.75) is 19.8 Å². The predicted molar refractivity (Wildman–Crippen MR) is 108 cm³/mol. The van der Waals surface area contributed by atoms with Crippen molar-refractivity contribution >= 4 is 27.8 Å². The fourth-order valence-corrected chi connectivity index (χ4v) is 3.31. The molecule has 7 heteroatoms. The molecule has 0 unspecified atom stereocenters. The minimum absolute atomic E-state index is 0.107. The van der Waals surface area contributed by atoms with Crippen LogP contribution in [0.15, 0.2) is 66.1 Å². The van der Waals surface area contributed by atoms with E-state index in [9.17, 15) is 8.42 Å². The Hall–Kier alpha value is -2.57. The lowest BCUT2D eigenvalue weighted by Gasteiger charge is -2.08. The fraction of sp³-hybridized carbons (Fsp3) is 0.150. The maximum absolute atomic E-state index is 12.4. The van der Waals surface area contributed by atoms with E-state index in [1.54, 1.807) is 42.5 Å². The van der Waals surface area contributed by atoms with E-state index in [1.807, 2.05) is 32.0 Å². The summed E-state index contributed by atoms with van der Waals surface area (Å²) in [6, 6.07) is 17.7. The maximum atomic E-state index is 12.4. The fourth-order valence-electron chi connectivity index (χ4n) is 2.39. The second-order valence-electron chi connectivity index (χ2n) is 6.24. The highest BCUT2D eigenvalue weighted by Gasteiger charge is 2.18. The molecule has 0 N–H and O–H groups in total. The number of hydrogen-bond donors (Lipinski definition) is 0. The van der Waals surface area contributed by atoms with Gasteiger partial charge in [0.25, 0.3) is 0 Å². The summed E-state index contributed by atoms with van der Waals surface area (Å²) in [5.41, 5.74) is 2.09. The lowest BCUT2D eigenvalue weighted by atomic mass is 10.1. The van der Waals surface area contributed by atoms with Crippen molar-refractivity contribution in [1.82, 2.24) is 9.78 Å². The van der Waals surface area contributed by atoms with Crippen molar-refractivity contribution in [3.05, 3.63) is 82.4 Å². The molecule has 1 aromatic heterocycles. The molecule has 3 aromatic rings. The van der Waals surface area contributed by atoms with Gasteiger partial charge in [0.2, 0.25) is 5.88 Å². The molecule has 0 fully saturated rings. The lowest BCUT2D eigenvalue weighted by Crippen LogP contribution is -2.09. The molecule has 2 aromatic carbocycles. The zero-order valence-electron chi connectivity index (χ0n) is 14.9. The minimum atomic E-state index is -3.96. The van der Waals surface area contributed by atoms with Gasteiger partial charge in [0.05, 0.1) is 16.8 Å². The number of rotatable bonds is 6. The van der Waals surface area contributed by atoms with E-state index in [-0.39, 0.29) is 11.8 Å². The number of hydrogen-bond acceptors (Lipinski definition) is 4. The molecule has 0 saturated heterocycles. The van der Waals surface area contributed by atoms with Crippen molar-refractivity contribution in [1.29, 1.82) is 0 Å². The van der Waals surface area contributed by atoms with Crippen LogP contribution in [0.25, 0.3) is 11.8 Å². The van der Waals surface area contributed by atoms with Gasteiger partial charge in [-0.1, -0.05) is 61.8 Å². The Balaban J connectivity index is 1.94. The van der Waals surface area contributed by atoms with Crippen LogP contribution >= 0.6 is 11.6 Å².